The maximum Gasteiger partial charge on any atom is 0.333 e. The summed E-state index contributed by atoms with van der Waals surface area (Å²) >= 11 is 0. The highest BCUT2D eigenvalue weighted by Gasteiger charge is 2.37. The summed E-state index contributed by atoms with van der Waals surface area (Å²) in [7, 11) is 0. The van der Waals surface area contributed by atoms with E-state index in [0.717, 1.165) is 12.1 Å². The molecule has 0 spiro atoms. The van der Waals surface area contributed by atoms with Crippen LogP contribution in [0.25, 0.3) is 0 Å². The van der Waals surface area contributed by atoms with Crippen LogP contribution in [-0.4, -0.2) is 22.1 Å². The van der Waals surface area contributed by atoms with Gasteiger partial charge in [-0.15, -0.1) is 0 Å². The van der Waals surface area contributed by atoms with Gasteiger partial charge in [0.1, 0.15) is 11.6 Å². The number of carboxylic acids is 1. The zero-order valence-electron chi connectivity index (χ0n) is 13.0. The van der Waals surface area contributed by atoms with Crippen molar-refractivity contribution in [2.75, 3.05) is 0 Å². The predicted molar refractivity (Wildman–Crippen MR) is 79.4 cm³/mol. The zero-order valence-corrected chi connectivity index (χ0v) is 13.0. The molecule has 0 saturated carbocycles. The van der Waals surface area contributed by atoms with Gasteiger partial charge in [-0.05, 0) is 24.6 Å². The Morgan fingerprint density at radius 1 is 1.30 bits per heavy atom. The Morgan fingerprint density at radius 3 is 2.39 bits per heavy atom. The third kappa shape index (κ3) is 3.39. The number of aromatic nitrogens is 1. The molecule has 1 aromatic carbocycles. The monoisotopic (exact) mass is 320 g/mol. The lowest BCUT2D eigenvalue weighted by Crippen LogP contribution is -2.49. The van der Waals surface area contributed by atoms with Gasteiger partial charge in [-0.25, -0.2) is 9.18 Å². The first kappa shape index (κ1) is 16.7. The van der Waals surface area contributed by atoms with Gasteiger partial charge in [0.05, 0.1) is 0 Å². The van der Waals surface area contributed by atoms with E-state index in [-0.39, 0.29) is 17.2 Å². The van der Waals surface area contributed by atoms with Crippen LogP contribution in [0.15, 0.2) is 34.9 Å². The average molecular weight is 320 g/mol. The second-order valence-electron chi connectivity index (χ2n) is 5.66. The minimum absolute atomic E-state index is 0.0108. The van der Waals surface area contributed by atoms with Crippen LogP contribution in [0.4, 0.5) is 4.39 Å². The fraction of sp³-hybridized carbons (Fsp3) is 0.312. The summed E-state index contributed by atoms with van der Waals surface area (Å²) in [5.41, 5.74) is -1.49. The molecule has 0 aliphatic carbocycles. The van der Waals surface area contributed by atoms with Gasteiger partial charge < -0.3 is 14.9 Å². The molecule has 23 heavy (non-hydrogen) atoms. The summed E-state index contributed by atoms with van der Waals surface area (Å²) in [4.78, 5) is 23.9. The fourth-order valence-electron chi connectivity index (χ4n) is 1.99. The number of carboxylic acid groups (broad SMARTS) is 1. The van der Waals surface area contributed by atoms with E-state index in [2.05, 4.69) is 10.5 Å². The zero-order chi connectivity index (χ0) is 17.2. The molecule has 0 fully saturated rings. The third-order valence-electron chi connectivity index (χ3n) is 3.54. The first-order chi connectivity index (χ1) is 10.7. The molecule has 0 bridgehead atoms. The number of benzene rings is 1. The van der Waals surface area contributed by atoms with Crippen molar-refractivity contribution in [2.24, 2.45) is 0 Å². The van der Waals surface area contributed by atoms with Gasteiger partial charge >= 0.3 is 5.97 Å². The molecule has 0 radical (unpaired) electrons. The van der Waals surface area contributed by atoms with Crippen LogP contribution < -0.4 is 5.32 Å². The van der Waals surface area contributed by atoms with Crippen LogP contribution in [-0.2, 0) is 10.3 Å². The molecule has 2 N–H and O–H groups in total. The van der Waals surface area contributed by atoms with Crippen LogP contribution >= 0.6 is 0 Å². The predicted octanol–water partition coefficient (Wildman–Crippen LogP) is 2.67. The molecule has 2 rings (SSSR count). The van der Waals surface area contributed by atoms with Crippen molar-refractivity contribution in [1.29, 1.82) is 0 Å². The normalized spacial score (nSPS) is 13.6. The van der Waals surface area contributed by atoms with E-state index < -0.39 is 23.2 Å². The molecule has 122 valence electrons. The van der Waals surface area contributed by atoms with E-state index >= 15 is 0 Å². The lowest BCUT2D eigenvalue weighted by Gasteiger charge is -2.26. The van der Waals surface area contributed by atoms with Crippen molar-refractivity contribution in [3.8, 4) is 0 Å². The molecule has 0 aliphatic rings. The second kappa shape index (κ2) is 6.20. The van der Waals surface area contributed by atoms with Crippen LogP contribution in [0.2, 0.25) is 0 Å². The molecular formula is C16H17FN2O4. The quantitative estimate of drug-likeness (QED) is 0.883. The first-order valence-corrected chi connectivity index (χ1v) is 7.02. The fourth-order valence-corrected chi connectivity index (χ4v) is 1.99. The molecule has 0 aliphatic heterocycles. The second-order valence-corrected chi connectivity index (χ2v) is 5.66. The Morgan fingerprint density at radius 2 is 1.91 bits per heavy atom. The Kier molecular flexibility index (Phi) is 4.49. The number of aliphatic carboxylic acids is 1. The third-order valence-corrected chi connectivity index (χ3v) is 3.54. The average Bonchev–Trinajstić information content (AvgIpc) is 2.97. The minimum atomic E-state index is -1.72. The van der Waals surface area contributed by atoms with Crippen molar-refractivity contribution < 1.29 is 23.6 Å². The van der Waals surface area contributed by atoms with Crippen LogP contribution in [0, 0.1) is 5.82 Å². The summed E-state index contributed by atoms with van der Waals surface area (Å²) in [6.45, 7) is 5.08. The van der Waals surface area contributed by atoms with Crippen molar-refractivity contribution in [3.05, 3.63) is 53.2 Å². The highest BCUT2D eigenvalue weighted by Crippen LogP contribution is 2.23. The van der Waals surface area contributed by atoms with E-state index in [0.29, 0.717) is 5.76 Å². The van der Waals surface area contributed by atoms with Gasteiger partial charge in [0.15, 0.2) is 11.2 Å². The smallest absolute Gasteiger partial charge is 0.333 e. The molecule has 2 aromatic rings. The number of amides is 1. The molecular weight excluding hydrogens is 303 g/mol. The SMILES string of the molecule is CC(C)c1cc(C(=O)NC(C)(C(=O)O)c2ccc(F)cc2)no1. The Bertz CT molecular complexity index is 724. The maximum atomic E-state index is 13.0. The van der Waals surface area contributed by atoms with Gasteiger partial charge in [0.2, 0.25) is 0 Å². The van der Waals surface area contributed by atoms with Gasteiger partial charge in [-0.2, -0.15) is 0 Å². The van der Waals surface area contributed by atoms with Crippen LogP contribution in [0.5, 0.6) is 0 Å². The summed E-state index contributed by atoms with van der Waals surface area (Å²) in [6, 6.07) is 6.36. The van der Waals surface area contributed by atoms with Gasteiger partial charge in [0, 0.05) is 12.0 Å². The van der Waals surface area contributed by atoms with E-state index in [4.69, 9.17) is 4.52 Å². The van der Waals surface area contributed by atoms with Crippen LogP contribution in [0.3, 0.4) is 0 Å². The topological polar surface area (TPSA) is 92.4 Å². The molecule has 7 heteroatoms. The van der Waals surface area contributed by atoms with Crippen molar-refractivity contribution >= 4 is 11.9 Å². The number of rotatable bonds is 5. The largest absolute Gasteiger partial charge is 0.479 e. The molecule has 1 atom stereocenters. The standard InChI is InChI=1S/C16H17FN2O4/c1-9(2)13-8-12(19-23-13)14(20)18-16(3,15(21)22)10-4-6-11(17)7-5-10/h4-9H,1-3H3,(H,18,20)(H,21,22). The lowest BCUT2D eigenvalue weighted by molar-refractivity contribution is -0.144. The maximum absolute atomic E-state index is 13.0. The molecule has 1 aromatic heterocycles. The van der Waals surface area contributed by atoms with Crippen LogP contribution in [0.1, 0.15) is 48.5 Å². The van der Waals surface area contributed by atoms with E-state index in [1.165, 1.54) is 25.1 Å². The Labute approximate surface area is 132 Å². The molecule has 1 amide bonds. The van der Waals surface area contributed by atoms with Gasteiger partial charge in [0.25, 0.3) is 5.91 Å². The first-order valence-electron chi connectivity index (χ1n) is 7.02. The number of carbonyl (C=O) groups excluding carboxylic acids is 1. The number of nitrogens with zero attached hydrogens (tertiary/aromatic N) is 1. The van der Waals surface area contributed by atoms with E-state index in [9.17, 15) is 19.1 Å². The number of carbonyl (C=O) groups is 2. The summed E-state index contributed by atoms with van der Waals surface area (Å²) < 4.78 is 18.1. The number of halogens is 1. The molecule has 1 heterocycles. The molecule has 1 unspecified atom stereocenters. The minimum Gasteiger partial charge on any atom is -0.479 e. The number of nitrogens with one attached hydrogen (secondary N) is 1. The van der Waals surface area contributed by atoms with Crippen molar-refractivity contribution in [1.82, 2.24) is 10.5 Å². The number of hydrogen-bond donors (Lipinski definition) is 2. The Balaban J connectivity index is 2.29. The highest BCUT2D eigenvalue weighted by molar-refractivity contribution is 5.96. The van der Waals surface area contributed by atoms with E-state index in [1.807, 2.05) is 13.8 Å². The summed E-state index contributed by atoms with van der Waals surface area (Å²) in [5, 5.41) is 15.6. The molecule has 0 saturated heterocycles. The molecule has 6 nitrogen and oxygen atoms in total. The van der Waals surface area contributed by atoms with Crippen molar-refractivity contribution in [3.63, 3.8) is 0 Å². The van der Waals surface area contributed by atoms with Gasteiger partial charge in [-0.3, -0.25) is 4.79 Å². The lowest BCUT2D eigenvalue weighted by atomic mass is 9.92. The van der Waals surface area contributed by atoms with E-state index in [1.54, 1.807) is 0 Å². The summed E-state index contributed by atoms with van der Waals surface area (Å²) in [6.07, 6.45) is 0. The number of hydrogen-bond acceptors (Lipinski definition) is 4. The summed E-state index contributed by atoms with van der Waals surface area (Å²) in [5.74, 6) is -1.88. The highest BCUT2D eigenvalue weighted by atomic mass is 19.1. The Hall–Kier alpha value is -2.70. The van der Waals surface area contributed by atoms with Gasteiger partial charge in [-0.1, -0.05) is 31.1 Å². The van der Waals surface area contributed by atoms with Crippen molar-refractivity contribution in [2.45, 2.75) is 32.2 Å².